The van der Waals surface area contributed by atoms with Crippen LogP contribution in [0.1, 0.15) is 13.3 Å². The van der Waals surface area contributed by atoms with Gasteiger partial charge in [-0.3, -0.25) is 9.69 Å². The van der Waals surface area contributed by atoms with Gasteiger partial charge in [0.1, 0.15) is 5.76 Å². The summed E-state index contributed by atoms with van der Waals surface area (Å²) in [5.74, 6) is -1.70. The molecule has 0 spiro atoms. The van der Waals surface area contributed by atoms with Crippen LogP contribution in [0.25, 0.3) is 0 Å². The molecule has 0 aromatic rings. The number of carbonyl (C=O) groups is 2. The Morgan fingerprint density at radius 3 is 2.79 bits per heavy atom. The number of thioether (sulfide) groups is 1. The normalized spacial score (nSPS) is 31.2. The summed E-state index contributed by atoms with van der Waals surface area (Å²) in [6, 6.07) is 0. The molecule has 1 unspecified atom stereocenters. The number of fused-ring (bicyclic) bond motifs is 1. The summed E-state index contributed by atoms with van der Waals surface area (Å²) in [7, 11) is 0. The Hall–Kier alpha value is -1.17. The number of hydrogen-bond acceptors (Lipinski definition) is 4. The zero-order chi connectivity index (χ0) is 10.5. The molecule has 2 aliphatic heterocycles. The smallest absolute Gasteiger partial charge is 0.356 e. The first-order valence-corrected chi connectivity index (χ1v) is 5.10. The van der Waals surface area contributed by atoms with E-state index in [1.165, 1.54) is 11.8 Å². The van der Waals surface area contributed by atoms with Crippen LogP contribution in [0, 0.1) is 0 Å². The zero-order valence-corrected chi connectivity index (χ0v) is 8.24. The molecule has 1 saturated heterocycles. The minimum Gasteiger partial charge on any atom is -0.509 e. The third-order valence-corrected chi connectivity index (χ3v) is 3.66. The van der Waals surface area contributed by atoms with Crippen LogP contribution in [0.5, 0.6) is 0 Å². The highest BCUT2D eigenvalue weighted by atomic mass is 32.2. The van der Waals surface area contributed by atoms with Gasteiger partial charge in [0.25, 0.3) is 0 Å². The van der Waals surface area contributed by atoms with Crippen LogP contribution in [0.2, 0.25) is 0 Å². The Bertz CT molecular complexity index is 351. The summed E-state index contributed by atoms with van der Waals surface area (Å²) < 4.78 is 0. The second-order valence-corrected chi connectivity index (χ2v) is 4.76. The molecule has 2 heterocycles. The second kappa shape index (κ2) is 2.91. The van der Waals surface area contributed by atoms with Gasteiger partial charge in [0.2, 0.25) is 5.91 Å². The van der Waals surface area contributed by atoms with Gasteiger partial charge in [-0.05, 0) is 6.92 Å². The van der Waals surface area contributed by atoms with Gasteiger partial charge in [-0.2, -0.15) is 0 Å². The van der Waals surface area contributed by atoms with E-state index in [1.807, 2.05) is 0 Å². The molecule has 2 aliphatic rings. The highest BCUT2D eigenvalue weighted by Gasteiger charge is 2.47. The number of hydrogen-bond donors (Lipinski definition) is 2. The third-order valence-electron chi connectivity index (χ3n) is 2.34. The van der Waals surface area contributed by atoms with E-state index in [4.69, 9.17) is 5.11 Å². The summed E-state index contributed by atoms with van der Waals surface area (Å²) in [4.78, 5) is 23.1. The number of β-lactam (4-membered cyclic amide) rings is 1. The van der Waals surface area contributed by atoms with E-state index in [0.29, 0.717) is 6.42 Å². The summed E-state index contributed by atoms with van der Waals surface area (Å²) in [6.07, 6.45) is 0.360. The lowest BCUT2D eigenvalue weighted by atomic mass is 10.1. The van der Waals surface area contributed by atoms with E-state index in [1.54, 1.807) is 6.92 Å². The molecule has 2 atom stereocenters. The second-order valence-electron chi connectivity index (χ2n) is 3.24. The van der Waals surface area contributed by atoms with Crippen molar-refractivity contribution in [3.05, 3.63) is 11.5 Å². The third kappa shape index (κ3) is 1.10. The van der Waals surface area contributed by atoms with E-state index < -0.39 is 5.97 Å². The minimum atomic E-state index is -1.24. The van der Waals surface area contributed by atoms with Crippen molar-refractivity contribution in [2.45, 2.75) is 24.0 Å². The predicted molar refractivity (Wildman–Crippen MR) is 49.6 cm³/mol. The standard InChI is InChI=1S/C8H9NO4S/c1-3-7(11)6(8(12)13)9-4(10)2-5(9)14-3/h3,5,11H,2H2,1H3,(H,12,13)/t3?,5-/m1/s1. The minimum absolute atomic E-state index is 0.112. The topological polar surface area (TPSA) is 77.8 Å². The Morgan fingerprint density at radius 1 is 1.64 bits per heavy atom. The van der Waals surface area contributed by atoms with Crippen molar-refractivity contribution in [1.29, 1.82) is 0 Å². The van der Waals surface area contributed by atoms with Gasteiger partial charge in [-0.1, -0.05) is 0 Å². The summed E-state index contributed by atoms with van der Waals surface area (Å²) >= 11 is 1.40. The lowest BCUT2D eigenvalue weighted by Crippen LogP contribution is -2.55. The van der Waals surface area contributed by atoms with Crippen molar-refractivity contribution in [1.82, 2.24) is 4.90 Å². The van der Waals surface area contributed by atoms with Crippen molar-refractivity contribution in [2.75, 3.05) is 0 Å². The Kier molecular flexibility index (Phi) is 1.95. The van der Waals surface area contributed by atoms with Crippen LogP contribution in [-0.4, -0.2) is 37.6 Å². The number of rotatable bonds is 1. The Balaban J connectivity index is 2.42. The van der Waals surface area contributed by atoms with Crippen molar-refractivity contribution >= 4 is 23.6 Å². The molecule has 0 radical (unpaired) electrons. The number of carbonyl (C=O) groups excluding carboxylic acids is 1. The fraction of sp³-hybridized carbons (Fsp3) is 0.500. The van der Waals surface area contributed by atoms with Gasteiger partial charge in [0.05, 0.1) is 17.0 Å². The highest BCUT2D eigenvalue weighted by molar-refractivity contribution is 8.00. The van der Waals surface area contributed by atoms with Crippen molar-refractivity contribution in [2.24, 2.45) is 0 Å². The Labute approximate surface area is 84.4 Å². The average Bonchev–Trinajstić information content (AvgIpc) is 2.09. The average molecular weight is 215 g/mol. The molecular formula is C8H9NO4S. The quantitative estimate of drug-likeness (QED) is 0.624. The molecular weight excluding hydrogens is 206 g/mol. The predicted octanol–water partition coefficient (Wildman–Crippen LogP) is 0.534. The lowest BCUT2D eigenvalue weighted by Gasteiger charge is -2.44. The molecule has 1 fully saturated rings. The summed E-state index contributed by atoms with van der Waals surface area (Å²) in [6.45, 7) is 1.73. The van der Waals surface area contributed by atoms with Gasteiger partial charge in [0, 0.05) is 0 Å². The maximum absolute atomic E-state index is 11.1. The van der Waals surface area contributed by atoms with Gasteiger partial charge in [-0.25, -0.2) is 4.79 Å². The van der Waals surface area contributed by atoms with E-state index >= 15 is 0 Å². The number of carboxylic acid groups (broad SMARTS) is 1. The van der Waals surface area contributed by atoms with Gasteiger partial charge in [-0.15, -0.1) is 11.8 Å². The molecule has 14 heavy (non-hydrogen) atoms. The van der Waals surface area contributed by atoms with E-state index in [0.717, 1.165) is 4.90 Å². The first-order chi connectivity index (χ1) is 6.52. The molecule has 76 valence electrons. The number of aliphatic carboxylic acids is 1. The van der Waals surface area contributed by atoms with Gasteiger partial charge in [0.15, 0.2) is 5.70 Å². The maximum atomic E-state index is 11.1. The number of carboxylic acids is 1. The molecule has 2 rings (SSSR count). The molecule has 0 saturated carbocycles. The van der Waals surface area contributed by atoms with Gasteiger partial charge >= 0.3 is 5.97 Å². The molecule has 6 heteroatoms. The number of amides is 1. The van der Waals surface area contributed by atoms with Crippen molar-refractivity contribution < 1.29 is 19.8 Å². The van der Waals surface area contributed by atoms with Crippen LogP contribution in [-0.2, 0) is 9.59 Å². The first kappa shape index (κ1) is 9.39. The van der Waals surface area contributed by atoms with E-state index in [-0.39, 0.29) is 28.0 Å². The molecule has 5 nitrogen and oxygen atoms in total. The number of nitrogens with zero attached hydrogens (tertiary/aromatic N) is 1. The maximum Gasteiger partial charge on any atom is 0.356 e. The fourth-order valence-corrected chi connectivity index (χ4v) is 2.89. The largest absolute Gasteiger partial charge is 0.509 e. The lowest BCUT2D eigenvalue weighted by molar-refractivity contribution is -0.146. The SMILES string of the molecule is CC1S[C@@H]2CC(=O)N2C(C(=O)O)=C1O. The molecule has 0 bridgehead atoms. The van der Waals surface area contributed by atoms with Crippen LogP contribution in [0.3, 0.4) is 0 Å². The van der Waals surface area contributed by atoms with E-state index in [2.05, 4.69) is 0 Å². The summed E-state index contributed by atoms with van der Waals surface area (Å²) in [5.41, 5.74) is -0.252. The van der Waals surface area contributed by atoms with Crippen LogP contribution in [0.4, 0.5) is 0 Å². The van der Waals surface area contributed by atoms with Crippen molar-refractivity contribution in [3.8, 4) is 0 Å². The van der Waals surface area contributed by atoms with Crippen LogP contribution >= 0.6 is 11.8 Å². The fourth-order valence-electron chi connectivity index (χ4n) is 1.59. The monoisotopic (exact) mass is 215 g/mol. The van der Waals surface area contributed by atoms with E-state index in [9.17, 15) is 14.7 Å². The summed E-state index contributed by atoms with van der Waals surface area (Å²) in [5, 5.41) is 18.0. The van der Waals surface area contributed by atoms with Crippen LogP contribution < -0.4 is 0 Å². The van der Waals surface area contributed by atoms with Crippen LogP contribution in [0.15, 0.2) is 11.5 Å². The first-order valence-electron chi connectivity index (χ1n) is 4.16. The number of aliphatic hydroxyl groups excluding tert-OH is 1. The molecule has 0 aromatic heterocycles. The number of aliphatic hydroxyl groups is 1. The van der Waals surface area contributed by atoms with Crippen molar-refractivity contribution in [3.63, 3.8) is 0 Å². The van der Waals surface area contributed by atoms with Gasteiger partial charge < -0.3 is 10.2 Å². The Morgan fingerprint density at radius 2 is 2.29 bits per heavy atom. The zero-order valence-electron chi connectivity index (χ0n) is 7.43. The molecule has 1 amide bonds. The molecule has 2 N–H and O–H groups in total. The molecule has 0 aromatic carbocycles. The molecule has 0 aliphatic carbocycles. The highest BCUT2D eigenvalue weighted by Crippen LogP contribution is 2.42.